The fourth-order valence-electron chi connectivity index (χ4n) is 1.68. The van der Waals surface area contributed by atoms with Gasteiger partial charge in [0.25, 0.3) is 0 Å². The van der Waals surface area contributed by atoms with Crippen molar-refractivity contribution in [2.24, 2.45) is 0 Å². The van der Waals surface area contributed by atoms with Crippen molar-refractivity contribution in [1.82, 2.24) is 0 Å². The lowest BCUT2D eigenvalue weighted by molar-refractivity contribution is 0.602. The van der Waals surface area contributed by atoms with Crippen molar-refractivity contribution in [3.8, 4) is 23.5 Å². The second-order valence-electron chi connectivity index (χ2n) is 4.02. The van der Waals surface area contributed by atoms with Gasteiger partial charge in [0.05, 0.1) is 4.90 Å². The Bertz CT molecular complexity index is 705. The Morgan fingerprint density at radius 1 is 1.00 bits per heavy atom. The topological polar surface area (TPSA) is 34.1 Å². The molecule has 2 nitrogen and oxygen atoms in total. The molecule has 18 heavy (non-hydrogen) atoms. The van der Waals surface area contributed by atoms with Crippen LogP contribution in [0.5, 0.6) is 0 Å². The Morgan fingerprint density at radius 2 is 1.67 bits per heavy atom. The van der Waals surface area contributed by atoms with Gasteiger partial charge >= 0.3 is 0 Å². The molecule has 0 aliphatic rings. The van der Waals surface area contributed by atoms with E-state index >= 15 is 0 Å². The molecular formula is C15H12O2S. The highest BCUT2D eigenvalue weighted by Crippen LogP contribution is 2.22. The van der Waals surface area contributed by atoms with Crippen molar-refractivity contribution in [3.63, 3.8) is 0 Å². The van der Waals surface area contributed by atoms with Gasteiger partial charge in [0.15, 0.2) is 9.84 Å². The smallest absolute Gasteiger partial charge is 0.175 e. The van der Waals surface area contributed by atoms with E-state index in [0.29, 0.717) is 4.90 Å². The second kappa shape index (κ2) is 4.67. The third kappa shape index (κ3) is 2.61. The molecule has 3 heteroatoms. The zero-order valence-corrected chi connectivity index (χ0v) is 10.7. The average molecular weight is 256 g/mol. The minimum atomic E-state index is -3.15. The maximum Gasteiger partial charge on any atom is 0.175 e. The summed E-state index contributed by atoms with van der Waals surface area (Å²) in [6.45, 7) is 0. The van der Waals surface area contributed by atoms with Crippen LogP contribution in [0.2, 0.25) is 0 Å². The number of benzene rings is 2. The molecule has 2 aromatic carbocycles. The molecule has 0 heterocycles. The molecule has 0 saturated carbocycles. The maximum atomic E-state index is 11.4. The third-order valence-corrected chi connectivity index (χ3v) is 3.77. The van der Waals surface area contributed by atoms with Gasteiger partial charge in [-0.1, -0.05) is 30.2 Å². The van der Waals surface area contributed by atoms with E-state index in [0.717, 1.165) is 16.7 Å². The number of sulfone groups is 1. The molecule has 0 bridgehead atoms. The summed E-state index contributed by atoms with van der Waals surface area (Å²) in [7, 11) is -3.15. The second-order valence-corrected chi connectivity index (χ2v) is 6.04. The van der Waals surface area contributed by atoms with Crippen LogP contribution in [0.15, 0.2) is 53.4 Å². The lowest BCUT2D eigenvalue weighted by Crippen LogP contribution is -1.96. The summed E-state index contributed by atoms with van der Waals surface area (Å²) < 4.78 is 22.7. The van der Waals surface area contributed by atoms with Gasteiger partial charge in [-0.25, -0.2) is 8.42 Å². The van der Waals surface area contributed by atoms with Crippen LogP contribution in [0.25, 0.3) is 11.1 Å². The Labute approximate surface area is 107 Å². The van der Waals surface area contributed by atoms with Crippen LogP contribution in [0.4, 0.5) is 0 Å². The van der Waals surface area contributed by atoms with E-state index in [9.17, 15) is 8.42 Å². The average Bonchev–Trinajstić information content (AvgIpc) is 2.38. The summed E-state index contributed by atoms with van der Waals surface area (Å²) in [6.07, 6.45) is 6.54. The van der Waals surface area contributed by atoms with E-state index in [1.165, 1.54) is 6.26 Å². The molecule has 0 aliphatic carbocycles. The number of rotatable bonds is 2. The fraction of sp³-hybridized carbons (Fsp3) is 0.0667. The van der Waals surface area contributed by atoms with Crippen LogP contribution in [-0.2, 0) is 9.84 Å². The molecule has 0 aromatic heterocycles. The molecule has 0 aliphatic heterocycles. The highest BCUT2D eigenvalue weighted by molar-refractivity contribution is 7.90. The van der Waals surface area contributed by atoms with Gasteiger partial charge in [-0.2, -0.15) is 0 Å². The van der Waals surface area contributed by atoms with Crippen molar-refractivity contribution in [2.45, 2.75) is 4.90 Å². The number of hydrogen-bond donors (Lipinski definition) is 0. The summed E-state index contributed by atoms with van der Waals surface area (Å²) in [5, 5.41) is 0. The Morgan fingerprint density at radius 3 is 2.22 bits per heavy atom. The van der Waals surface area contributed by atoms with Crippen LogP contribution in [-0.4, -0.2) is 14.7 Å². The maximum absolute atomic E-state index is 11.4. The molecular weight excluding hydrogens is 244 g/mol. The summed E-state index contributed by atoms with van der Waals surface area (Å²) in [5.41, 5.74) is 2.73. The first kappa shape index (κ1) is 12.4. The van der Waals surface area contributed by atoms with Crippen molar-refractivity contribution < 1.29 is 8.42 Å². The highest BCUT2D eigenvalue weighted by Gasteiger charge is 2.06. The normalized spacial score (nSPS) is 10.9. The van der Waals surface area contributed by atoms with Gasteiger partial charge in [-0.15, -0.1) is 6.42 Å². The Kier molecular flexibility index (Phi) is 3.22. The van der Waals surface area contributed by atoms with E-state index in [1.807, 2.05) is 24.3 Å². The quantitative estimate of drug-likeness (QED) is 0.774. The van der Waals surface area contributed by atoms with Crippen LogP contribution in [0.1, 0.15) is 5.56 Å². The highest BCUT2D eigenvalue weighted by atomic mass is 32.2. The molecule has 0 spiro atoms. The molecule has 90 valence electrons. The Hall–Kier alpha value is -2.05. The zero-order valence-electron chi connectivity index (χ0n) is 9.92. The van der Waals surface area contributed by atoms with Crippen LogP contribution in [0, 0.1) is 12.3 Å². The van der Waals surface area contributed by atoms with Gasteiger partial charge < -0.3 is 0 Å². The molecule has 0 radical (unpaired) electrons. The van der Waals surface area contributed by atoms with Crippen molar-refractivity contribution in [3.05, 3.63) is 54.1 Å². The number of terminal acetylenes is 1. The summed E-state index contributed by atoms with van der Waals surface area (Å²) >= 11 is 0. The largest absolute Gasteiger partial charge is 0.224 e. The molecule has 0 saturated heterocycles. The van der Waals surface area contributed by atoms with Gasteiger partial charge in [-0.3, -0.25) is 0 Å². The van der Waals surface area contributed by atoms with E-state index < -0.39 is 9.84 Å². The minimum Gasteiger partial charge on any atom is -0.224 e. The van der Waals surface area contributed by atoms with E-state index in [2.05, 4.69) is 5.92 Å². The van der Waals surface area contributed by atoms with E-state index in [4.69, 9.17) is 6.42 Å². The summed E-state index contributed by atoms with van der Waals surface area (Å²) in [4.78, 5) is 0.319. The SMILES string of the molecule is C#Cc1cccc(-c2ccc(S(C)(=O)=O)cc2)c1. The lowest BCUT2D eigenvalue weighted by atomic mass is 10.0. The molecule has 0 amide bonds. The number of hydrogen-bond acceptors (Lipinski definition) is 2. The lowest BCUT2D eigenvalue weighted by Gasteiger charge is -2.04. The van der Waals surface area contributed by atoms with E-state index in [1.54, 1.807) is 24.3 Å². The molecule has 0 unspecified atom stereocenters. The predicted octanol–water partition coefficient (Wildman–Crippen LogP) is 2.74. The first-order valence-electron chi connectivity index (χ1n) is 5.38. The first-order chi connectivity index (χ1) is 8.50. The first-order valence-corrected chi connectivity index (χ1v) is 7.27. The van der Waals surface area contributed by atoms with Gasteiger partial charge in [0.1, 0.15) is 0 Å². The van der Waals surface area contributed by atoms with Gasteiger partial charge in [0.2, 0.25) is 0 Å². The molecule has 2 rings (SSSR count). The predicted molar refractivity (Wildman–Crippen MR) is 72.9 cm³/mol. The summed E-state index contributed by atoms with van der Waals surface area (Å²) in [5.74, 6) is 2.58. The van der Waals surface area contributed by atoms with Crippen molar-refractivity contribution >= 4 is 9.84 Å². The van der Waals surface area contributed by atoms with E-state index in [-0.39, 0.29) is 0 Å². The molecule has 0 atom stereocenters. The standard InChI is InChI=1S/C15H12O2S/c1-3-12-5-4-6-14(11-12)13-7-9-15(10-8-13)18(2,16)17/h1,4-11H,2H3. The molecule has 0 N–H and O–H groups in total. The van der Waals surface area contributed by atoms with Gasteiger partial charge in [-0.05, 0) is 35.4 Å². The van der Waals surface area contributed by atoms with Crippen molar-refractivity contribution in [1.29, 1.82) is 0 Å². The van der Waals surface area contributed by atoms with Crippen LogP contribution < -0.4 is 0 Å². The van der Waals surface area contributed by atoms with Crippen molar-refractivity contribution in [2.75, 3.05) is 6.26 Å². The molecule has 0 fully saturated rings. The minimum absolute atomic E-state index is 0.319. The molecule has 2 aromatic rings. The Balaban J connectivity index is 2.44. The monoisotopic (exact) mass is 256 g/mol. The zero-order chi connectivity index (χ0) is 13.2. The van der Waals surface area contributed by atoms with Crippen LogP contribution >= 0.6 is 0 Å². The summed E-state index contributed by atoms with van der Waals surface area (Å²) in [6, 6.07) is 14.4. The van der Waals surface area contributed by atoms with Gasteiger partial charge in [0, 0.05) is 11.8 Å². The van der Waals surface area contributed by atoms with Crippen LogP contribution in [0.3, 0.4) is 0 Å². The third-order valence-electron chi connectivity index (χ3n) is 2.65. The fourth-order valence-corrected chi connectivity index (χ4v) is 2.31.